The summed E-state index contributed by atoms with van der Waals surface area (Å²) in [5.74, 6) is 0.0412. The Hall–Kier alpha value is -2.35. The van der Waals surface area contributed by atoms with Gasteiger partial charge in [0, 0.05) is 43.7 Å². The zero-order chi connectivity index (χ0) is 24.6. The standard InChI is InChI=1S/C13H23N3O.C12H21NO3/c1-4-11(2)14-15-12(3)10-16-9-7-5-6-8-13(16)17;1-9(8-16-2)13-7-10-3-5-11(6-4-10)12(14)15/h15H,3-10H2,1-2H3;10-11,13H,1,3-8H2,2H3,(H,14,15)/b14-11-;. The van der Waals surface area contributed by atoms with Gasteiger partial charge in [-0.1, -0.05) is 26.5 Å². The van der Waals surface area contributed by atoms with Crippen LogP contribution in [0, 0.1) is 11.8 Å². The topological polar surface area (TPSA) is 103 Å². The van der Waals surface area contributed by atoms with Gasteiger partial charge in [0.25, 0.3) is 0 Å². The number of carbonyl (C=O) groups is 2. The Kier molecular flexibility index (Phi) is 14.2. The third-order valence-corrected chi connectivity index (χ3v) is 6.12. The van der Waals surface area contributed by atoms with E-state index in [0.717, 1.165) is 81.6 Å². The molecule has 3 N–H and O–H groups in total. The van der Waals surface area contributed by atoms with E-state index in [-0.39, 0.29) is 11.8 Å². The molecule has 1 saturated carbocycles. The highest BCUT2D eigenvalue weighted by molar-refractivity contribution is 5.81. The Balaban J connectivity index is 0.000000331. The van der Waals surface area contributed by atoms with Gasteiger partial charge in [-0.3, -0.25) is 15.0 Å². The molecule has 188 valence electrons. The zero-order valence-corrected chi connectivity index (χ0v) is 20.8. The third-order valence-electron chi connectivity index (χ3n) is 6.12. The molecule has 2 aliphatic rings. The van der Waals surface area contributed by atoms with E-state index in [1.807, 2.05) is 11.8 Å². The highest BCUT2D eigenvalue weighted by Gasteiger charge is 2.25. The van der Waals surface area contributed by atoms with E-state index < -0.39 is 5.97 Å². The van der Waals surface area contributed by atoms with Crippen LogP contribution in [0.4, 0.5) is 0 Å². The number of hydrogen-bond acceptors (Lipinski definition) is 6. The summed E-state index contributed by atoms with van der Waals surface area (Å²) in [6.07, 6.45) is 8.44. The van der Waals surface area contributed by atoms with Gasteiger partial charge in [0.15, 0.2) is 0 Å². The SMILES string of the molecule is C=C(CN1CCCCCC1=O)N/N=C(/C)CC.C=C(COC)NCC1CCC(C(=O)O)CC1. The first-order valence-electron chi connectivity index (χ1n) is 12.1. The highest BCUT2D eigenvalue weighted by atomic mass is 16.5. The molecular weight excluding hydrogens is 420 g/mol. The van der Waals surface area contributed by atoms with Gasteiger partial charge in [-0.05, 0) is 57.8 Å². The average Bonchev–Trinajstić information content (AvgIpc) is 3.01. The minimum absolute atomic E-state index is 0.126. The molecule has 0 aromatic rings. The molecule has 1 heterocycles. The van der Waals surface area contributed by atoms with Crippen LogP contribution in [0.5, 0.6) is 0 Å². The first-order valence-corrected chi connectivity index (χ1v) is 12.1. The van der Waals surface area contributed by atoms with Crippen molar-refractivity contribution in [1.29, 1.82) is 0 Å². The zero-order valence-electron chi connectivity index (χ0n) is 20.8. The molecule has 0 bridgehead atoms. The first kappa shape index (κ1) is 28.7. The van der Waals surface area contributed by atoms with E-state index in [1.54, 1.807) is 7.11 Å². The van der Waals surface area contributed by atoms with Gasteiger partial charge in [0.2, 0.25) is 5.91 Å². The van der Waals surface area contributed by atoms with Crippen LogP contribution in [0.2, 0.25) is 0 Å². The van der Waals surface area contributed by atoms with Gasteiger partial charge in [-0.25, -0.2) is 0 Å². The lowest BCUT2D eigenvalue weighted by Crippen LogP contribution is -2.34. The van der Waals surface area contributed by atoms with Crippen LogP contribution >= 0.6 is 0 Å². The maximum atomic E-state index is 11.8. The molecule has 2 rings (SSSR count). The molecule has 2 fully saturated rings. The number of carboxylic acid groups (broad SMARTS) is 1. The number of carbonyl (C=O) groups excluding carboxylic acids is 1. The van der Waals surface area contributed by atoms with Crippen molar-refractivity contribution in [2.45, 2.75) is 71.6 Å². The van der Waals surface area contributed by atoms with Crippen molar-refractivity contribution in [3.05, 3.63) is 24.6 Å². The molecule has 1 amide bonds. The monoisotopic (exact) mass is 464 g/mol. The second-order valence-electron chi connectivity index (χ2n) is 9.02. The number of rotatable bonds is 11. The molecule has 0 radical (unpaired) electrons. The van der Waals surface area contributed by atoms with E-state index in [9.17, 15) is 9.59 Å². The van der Waals surface area contributed by atoms with Crippen LogP contribution in [-0.2, 0) is 14.3 Å². The molecule has 8 nitrogen and oxygen atoms in total. The van der Waals surface area contributed by atoms with Crippen LogP contribution in [0.15, 0.2) is 29.7 Å². The molecule has 0 spiro atoms. The van der Waals surface area contributed by atoms with Gasteiger partial charge < -0.3 is 20.1 Å². The van der Waals surface area contributed by atoms with Gasteiger partial charge in [0.05, 0.1) is 19.1 Å². The Morgan fingerprint density at radius 2 is 1.88 bits per heavy atom. The maximum Gasteiger partial charge on any atom is 0.306 e. The second-order valence-corrected chi connectivity index (χ2v) is 9.02. The Morgan fingerprint density at radius 1 is 1.18 bits per heavy atom. The molecule has 33 heavy (non-hydrogen) atoms. The number of carboxylic acids is 1. The lowest BCUT2D eigenvalue weighted by Gasteiger charge is -2.26. The number of aliphatic carboxylic acids is 1. The molecule has 1 aliphatic heterocycles. The number of hydrogen-bond donors (Lipinski definition) is 3. The molecular formula is C25H44N4O4. The van der Waals surface area contributed by atoms with Crippen molar-refractivity contribution in [2.24, 2.45) is 16.9 Å². The van der Waals surface area contributed by atoms with E-state index in [4.69, 9.17) is 9.84 Å². The van der Waals surface area contributed by atoms with Crippen LogP contribution in [0.25, 0.3) is 0 Å². The van der Waals surface area contributed by atoms with Gasteiger partial charge >= 0.3 is 5.97 Å². The quantitative estimate of drug-likeness (QED) is 0.316. The first-order chi connectivity index (χ1) is 15.8. The van der Waals surface area contributed by atoms with Crippen molar-refractivity contribution in [3.63, 3.8) is 0 Å². The van der Waals surface area contributed by atoms with E-state index in [1.165, 1.54) is 0 Å². The average molecular weight is 465 g/mol. The van der Waals surface area contributed by atoms with Gasteiger partial charge in [-0.15, -0.1) is 0 Å². The van der Waals surface area contributed by atoms with E-state index in [2.05, 4.69) is 35.9 Å². The summed E-state index contributed by atoms with van der Waals surface area (Å²) in [6.45, 7) is 14.6. The Labute approximate surface area is 199 Å². The van der Waals surface area contributed by atoms with Crippen molar-refractivity contribution in [2.75, 3.05) is 33.4 Å². The molecule has 0 unspecified atom stereocenters. The predicted molar refractivity (Wildman–Crippen MR) is 133 cm³/mol. The lowest BCUT2D eigenvalue weighted by molar-refractivity contribution is -0.143. The molecule has 1 saturated heterocycles. The largest absolute Gasteiger partial charge is 0.481 e. The van der Waals surface area contributed by atoms with Gasteiger partial charge in [-0.2, -0.15) is 5.10 Å². The maximum absolute atomic E-state index is 11.8. The number of ether oxygens (including phenoxy) is 1. The smallest absolute Gasteiger partial charge is 0.306 e. The van der Waals surface area contributed by atoms with Crippen molar-refractivity contribution >= 4 is 17.6 Å². The number of hydrazone groups is 1. The summed E-state index contributed by atoms with van der Waals surface area (Å²) >= 11 is 0. The van der Waals surface area contributed by atoms with Gasteiger partial charge in [0.1, 0.15) is 0 Å². The van der Waals surface area contributed by atoms with Crippen molar-refractivity contribution < 1.29 is 19.4 Å². The van der Waals surface area contributed by atoms with Crippen LogP contribution in [-0.4, -0.2) is 60.9 Å². The minimum atomic E-state index is -0.643. The lowest BCUT2D eigenvalue weighted by atomic mass is 9.82. The Morgan fingerprint density at radius 3 is 2.48 bits per heavy atom. The summed E-state index contributed by atoms with van der Waals surface area (Å²) in [6, 6.07) is 0. The minimum Gasteiger partial charge on any atom is -0.481 e. The van der Waals surface area contributed by atoms with Crippen molar-refractivity contribution in [1.82, 2.24) is 15.6 Å². The highest BCUT2D eigenvalue weighted by Crippen LogP contribution is 2.28. The Bertz CT molecular complexity index is 669. The fourth-order valence-electron chi connectivity index (χ4n) is 3.85. The number of nitrogens with zero attached hydrogens (tertiary/aromatic N) is 2. The van der Waals surface area contributed by atoms with E-state index >= 15 is 0 Å². The molecule has 0 aromatic carbocycles. The fraction of sp³-hybridized carbons (Fsp3) is 0.720. The number of methoxy groups -OCH3 is 1. The predicted octanol–water partition coefficient (Wildman–Crippen LogP) is 3.91. The second kappa shape index (κ2) is 16.3. The fourth-order valence-corrected chi connectivity index (χ4v) is 3.85. The number of amides is 1. The summed E-state index contributed by atoms with van der Waals surface area (Å²) in [5, 5.41) is 16.3. The van der Waals surface area contributed by atoms with E-state index in [0.29, 0.717) is 25.5 Å². The molecule has 1 aliphatic carbocycles. The van der Waals surface area contributed by atoms with Crippen LogP contribution < -0.4 is 10.7 Å². The number of likely N-dealkylation sites (tertiary alicyclic amines) is 1. The molecule has 0 aromatic heterocycles. The van der Waals surface area contributed by atoms with Crippen LogP contribution in [0.1, 0.15) is 71.6 Å². The normalized spacial score (nSPS) is 21.4. The summed E-state index contributed by atoms with van der Waals surface area (Å²) in [7, 11) is 1.64. The third kappa shape index (κ3) is 12.5. The summed E-state index contributed by atoms with van der Waals surface area (Å²) < 4.78 is 4.95. The summed E-state index contributed by atoms with van der Waals surface area (Å²) in [4.78, 5) is 24.4. The van der Waals surface area contributed by atoms with Crippen molar-refractivity contribution in [3.8, 4) is 0 Å². The summed E-state index contributed by atoms with van der Waals surface area (Å²) in [5.41, 5.74) is 5.63. The number of nitrogens with one attached hydrogen (secondary N) is 2. The van der Waals surface area contributed by atoms with Crippen LogP contribution in [0.3, 0.4) is 0 Å². The molecule has 0 atom stereocenters. The molecule has 8 heteroatoms.